The molecule has 0 fully saturated rings. The maximum atomic E-state index is 10.1. The Labute approximate surface area is 161 Å². The molecule has 0 atom stereocenters. The first kappa shape index (κ1) is 27.2. The van der Waals surface area contributed by atoms with Crippen LogP contribution in [0.1, 0.15) is 129 Å². The monoisotopic (exact) mass is 372 g/mol. The lowest BCUT2D eigenvalue weighted by Crippen LogP contribution is -1.94. The normalized spacial score (nSPS) is 10.2. The van der Waals surface area contributed by atoms with Gasteiger partial charge in [0.15, 0.2) is 0 Å². The predicted octanol–water partition coefficient (Wildman–Crippen LogP) is 7.20. The molecule has 0 radical (unpaired) electrons. The van der Waals surface area contributed by atoms with E-state index in [-0.39, 0.29) is 12.8 Å². The zero-order valence-corrected chi connectivity index (χ0v) is 17.4. The Morgan fingerprint density at radius 3 is 0.923 bits per heavy atom. The van der Waals surface area contributed by atoms with Crippen molar-refractivity contribution < 1.29 is 19.8 Å². The molecular weight excluding hydrogens is 328 g/mol. The first-order valence-corrected chi connectivity index (χ1v) is 11.0. The van der Waals surface area contributed by atoms with Crippen molar-refractivity contribution in [2.24, 2.45) is 0 Å². The lowest BCUT2D eigenvalue weighted by Gasteiger charge is -1.99. The van der Waals surface area contributed by atoms with Gasteiger partial charge in [-0.1, -0.05) is 104 Å². The van der Waals surface area contributed by atoms with Crippen LogP contribution in [0.15, 0.2) is 0 Å². The number of hydrogen-bond acceptors (Lipinski definition) is 2. The number of carboxylic acid groups (broad SMARTS) is 2. The van der Waals surface area contributed by atoms with Gasteiger partial charge >= 0.3 is 11.9 Å². The Hall–Kier alpha value is -1.06. The van der Waals surface area contributed by atoms with Crippen LogP contribution in [-0.2, 0) is 9.59 Å². The van der Waals surface area contributed by atoms with Crippen molar-refractivity contribution in [3.8, 4) is 0 Å². The van der Waals surface area contributed by atoms with E-state index in [1.165, 1.54) is 64.2 Å². The summed E-state index contributed by atoms with van der Waals surface area (Å²) in [7, 11) is 0. The zero-order valence-electron chi connectivity index (χ0n) is 17.4. The molecule has 0 aromatic carbocycles. The maximum Gasteiger partial charge on any atom is 0.303 e. The Bertz CT molecular complexity index is 273. The molecule has 156 valence electrons. The van der Waals surface area contributed by atoms with Crippen molar-refractivity contribution in [3.63, 3.8) is 0 Å². The second kappa shape index (κ2) is 23.9. The van der Waals surface area contributed by atoms with Crippen LogP contribution in [0.2, 0.25) is 0 Å². The highest BCUT2D eigenvalue weighted by Gasteiger charge is 1.98. The molecule has 26 heavy (non-hydrogen) atoms. The Morgan fingerprint density at radius 1 is 0.462 bits per heavy atom. The average Bonchev–Trinajstić information content (AvgIpc) is 2.60. The number of hydrogen-bond donors (Lipinski definition) is 2. The third kappa shape index (κ3) is 30.8. The van der Waals surface area contributed by atoms with Gasteiger partial charge in [-0.25, -0.2) is 0 Å². The summed E-state index contributed by atoms with van der Waals surface area (Å²) in [4.78, 5) is 20.3. The minimum absolute atomic E-state index is 0.245. The van der Waals surface area contributed by atoms with Gasteiger partial charge in [-0.2, -0.15) is 0 Å². The van der Waals surface area contributed by atoms with Crippen LogP contribution in [0.4, 0.5) is 0 Å². The molecule has 0 heterocycles. The molecule has 0 aliphatic rings. The molecule has 0 saturated heterocycles. The highest BCUT2D eigenvalue weighted by molar-refractivity contribution is 5.66. The van der Waals surface area contributed by atoms with Gasteiger partial charge in [-0.05, 0) is 12.8 Å². The van der Waals surface area contributed by atoms with Gasteiger partial charge < -0.3 is 10.2 Å². The first-order chi connectivity index (χ1) is 12.5. The standard InChI is InChI=1S/C12H26.C10H18O4/c1-3-5-7-9-11-12-10-8-6-4-2;11-9(12)7-5-3-1-2-4-6-8-10(13)14/h3-12H2,1-2H3;1-8H2,(H,11,12)(H,13,14). The molecule has 0 aromatic heterocycles. The lowest BCUT2D eigenvalue weighted by atomic mass is 10.1. The van der Waals surface area contributed by atoms with Crippen molar-refractivity contribution in [2.75, 3.05) is 0 Å². The number of rotatable bonds is 18. The lowest BCUT2D eigenvalue weighted by molar-refractivity contribution is -0.138. The van der Waals surface area contributed by atoms with Crippen molar-refractivity contribution in [1.29, 1.82) is 0 Å². The van der Waals surface area contributed by atoms with Gasteiger partial charge in [-0.15, -0.1) is 0 Å². The van der Waals surface area contributed by atoms with E-state index in [1.807, 2.05) is 0 Å². The second-order valence-corrected chi connectivity index (χ2v) is 7.24. The molecule has 4 nitrogen and oxygen atoms in total. The molecule has 0 bridgehead atoms. The molecular formula is C22H44O4. The summed E-state index contributed by atoms with van der Waals surface area (Å²) in [5.41, 5.74) is 0. The molecule has 0 unspecified atom stereocenters. The van der Waals surface area contributed by atoms with E-state index in [2.05, 4.69) is 13.8 Å². The highest BCUT2D eigenvalue weighted by Crippen LogP contribution is 2.10. The zero-order chi connectivity index (χ0) is 19.9. The molecule has 0 saturated carbocycles. The molecule has 4 heteroatoms. The molecule has 0 aliphatic heterocycles. The summed E-state index contributed by atoms with van der Waals surface area (Å²) >= 11 is 0. The summed E-state index contributed by atoms with van der Waals surface area (Å²) in [6.07, 6.45) is 20.3. The van der Waals surface area contributed by atoms with Crippen LogP contribution in [-0.4, -0.2) is 22.2 Å². The molecule has 0 rings (SSSR count). The van der Waals surface area contributed by atoms with E-state index in [4.69, 9.17) is 10.2 Å². The van der Waals surface area contributed by atoms with Crippen molar-refractivity contribution in [3.05, 3.63) is 0 Å². The summed E-state index contributed by atoms with van der Waals surface area (Å²) in [6.45, 7) is 4.56. The smallest absolute Gasteiger partial charge is 0.303 e. The topological polar surface area (TPSA) is 74.6 Å². The molecule has 0 aliphatic carbocycles. The number of unbranched alkanes of at least 4 members (excludes halogenated alkanes) is 14. The third-order valence-corrected chi connectivity index (χ3v) is 4.49. The van der Waals surface area contributed by atoms with Crippen molar-refractivity contribution in [2.45, 2.75) is 129 Å². The molecule has 2 N–H and O–H groups in total. The summed E-state index contributed by atoms with van der Waals surface area (Å²) in [5.74, 6) is -1.48. The largest absolute Gasteiger partial charge is 0.481 e. The average molecular weight is 373 g/mol. The van der Waals surface area contributed by atoms with Gasteiger partial charge in [0.05, 0.1) is 0 Å². The van der Waals surface area contributed by atoms with Gasteiger partial charge in [0.1, 0.15) is 0 Å². The Kier molecular flexibility index (Phi) is 25.0. The van der Waals surface area contributed by atoms with Gasteiger partial charge in [0.2, 0.25) is 0 Å². The Balaban J connectivity index is 0. The number of aliphatic carboxylic acids is 2. The van der Waals surface area contributed by atoms with E-state index in [9.17, 15) is 9.59 Å². The maximum absolute atomic E-state index is 10.1. The fourth-order valence-corrected chi connectivity index (χ4v) is 2.82. The third-order valence-electron chi connectivity index (χ3n) is 4.49. The van der Waals surface area contributed by atoms with Crippen LogP contribution in [0, 0.1) is 0 Å². The van der Waals surface area contributed by atoms with Crippen molar-refractivity contribution in [1.82, 2.24) is 0 Å². The SMILES string of the molecule is CCCCCCCCCCCC.O=C(O)CCCCCCCCC(=O)O. The van der Waals surface area contributed by atoms with Crippen LogP contribution >= 0.6 is 0 Å². The Morgan fingerprint density at radius 2 is 0.692 bits per heavy atom. The molecule has 0 aromatic rings. The van der Waals surface area contributed by atoms with E-state index in [1.54, 1.807) is 0 Å². The number of carbonyl (C=O) groups is 2. The van der Waals surface area contributed by atoms with Gasteiger partial charge in [0.25, 0.3) is 0 Å². The van der Waals surface area contributed by atoms with Crippen molar-refractivity contribution >= 4 is 11.9 Å². The minimum Gasteiger partial charge on any atom is -0.481 e. The van der Waals surface area contributed by atoms with Gasteiger partial charge in [-0.3, -0.25) is 9.59 Å². The van der Waals surface area contributed by atoms with E-state index >= 15 is 0 Å². The van der Waals surface area contributed by atoms with Crippen LogP contribution in [0.3, 0.4) is 0 Å². The number of carboxylic acids is 2. The van der Waals surface area contributed by atoms with Crippen LogP contribution < -0.4 is 0 Å². The predicted molar refractivity (Wildman–Crippen MR) is 110 cm³/mol. The molecule has 0 spiro atoms. The first-order valence-electron chi connectivity index (χ1n) is 11.0. The van der Waals surface area contributed by atoms with E-state index in [0.717, 1.165) is 38.5 Å². The molecule has 0 amide bonds. The quantitative estimate of drug-likeness (QED) is 0.249. The fourth-order valence-electron chi connectivity index (χ4n) is 2.82. The minimum atomic E-state index is -0.740. The van der Waals surface area contributed by atoms with Crippen LogP contribution in [0.25, 0.3) is 0 Å². The highest BCUT2D eigenvalue weighted by atomic mass is 16.4. The summed E-state index contributed by atoms with van der Waals surface area (Å²) in [5, 5.41) is 16.7. The summed E-state index contributed by atoms with van der Waals surface area (Å²) in [6, 6.07) is 0. The fraction of sp³-hybridized carbons (Fsp3) is 0.909. The van der Waals surface area contributed by atoms with Crippen LogP contribution in [0.5, 0.6) is 0 Å². The van der Waals surface area contributed by atoms with E-state index in [0.29, 0.717) is 0 Å². The second-order valence-electron chi connectivity index (χ2n) is 7.24. The van der Waals surface area contributed by atoms with Gasteiger partial charge in [0, 0.05) is 12.8 Å². The summed E-state index contributed by atoms with van der Waals surface area (Å²) < 4.78 is 0. The van der Waals surface area contributed by atoms with E-state index < -0.39 is 11.9 Å².